The molecule has 2 fully saturated rings. The SMILES string of the molecule is Cc1ncoc1-c1nnc(SCCCN2C[C@H]3CC3(c3ccc(C(F)(F)F)cn3)C2)n1C. The summed E-state index contributed by atoms with van der Waals surface area (Å²) in [6.07, 6.45) is 0.0213. The molecule has 0 amide bonds. The van der Waals surface area contributed by atoms with Gasteiger partial charge in [0.05, 0.1) is 11.3 Å². The van der Waals surface area contributed by atoms with Crippen LogP contribution in [0, 0.1) is 12.8 Å². The summed E-state index contributed by atoms with van der Waals surface area (Å²) >= 11 is 1.65. The summed E-state index contributed by atoms with van der Waals surface area (Å²) in [5.41, 5.74) is 0.819. The zero-order valence-corrected chi connectivity index (χ0v) is 18.6. The minimum Gasteiger partial charge on any atom is -0.440 e. The van der Waals surface area contributed by atoms with E-state index >= 15 is 0 Å². The smallest absolute Gasteiger partial charge is 0.417 e. The van der Waals surface area contributed by atoms with Crippen LogP contribution in [0.15, 0.2) is 34.3 Å². The monoisotopic (exact) mass is 464 g/mol. The molecule has 0 bridgehead atoms. The third kappa shape index (κ3) is 3.81. The van der Waals surface area contributed by atoms with Crippen LogP contribution in [-0.2, 0) is 18.6 Å². The van der Waals surface area contributed by atoms with Gasteiger partial charge in [0.25, 0.3) is 0 Å². The van der Waals surface area contributed by atoms with Gasteiger partial charge in [-0.3, -0.25) is 4.98 Å². The van der Waals surface area contributed by atoms with Crippen molar-refractivity contribution in [3.63, 3.8) is 0 Å². The van der Waals surface area contributed by atoms with Crippen LogP contribution in [0.1, 0.15) is 29.8 Å². The molecule has 2 aliphatic rings. The number of rotatable bonds is 7. The molecule has 0 spiro atoms. The summed E-state index contributed by atoms with van der Waals surface area (Å²) in [5, 5.41) is 9.31. The molecule has 2 atom stereocenters. The summed E-state index contributed by atoms with van der Waals surface area (Å²) in [6.45, 7) is 4.65. The maximum absolute atomic E-state index is 12.8. The van der Waals surface area contributed by atoms with Crippen LogP contribution < -0.4 is 0 Å². The van der Waals surface area contributed by atoms with Crippen molar-refractivity contribution in [2.45, 2.75) is 36.5 Å². The lowest BCUT2D eigenvalue weighted by molar-refractivity contribution is -0.137. The van der Waals surface area contributed by atoms with Gasteiger partial charge in [0, 0.05) is 43.2 Å². The van der Waals surface area contributed by atoms with E-state index < -0.39 is 11.7 Å². The van der Waals surface area contributed by atoms with Crippen molar-refractivity contribution in [3.8, 4) is 11.6 Å². The Labute approximate surface area is 187 Å². The highest BCUT2D eigenvalue weighted by Gasteiger charge is 2.61. The third-order valence-corrected chi connectivity index (χ3v) is 7.56. The number of fused-ring (bicyclic) bond motifs is 1. The first kappa shape index (κ1) is 21.4. The Hall–Kier alpha value is -2.40. The molecule has 4 heterocycles. The zero-order chi connectivity index (χ0) is 22.5. The fraction of sp³-hybridized carbons (Fsp3) is 0.524. The normalized spacial score (nSPS) is 23.0. The lowest BCUT2D eigenvalue weighted by atomic mass is 10.00. The molecule has 0 radical (unpaired) electrons. The van der Waals surface area contributed by atoms with Gasteiger partial charge in [-0.15, -0.1) is 10.2 Å². The maximum atomic E-state index is 12.8. The van der Waals surface area contributed by atoms with Crippen LogP contribution in [0.25, 0.3) is 11.6 Å². The average Bonchev–Trinajstić information content (AvgIpc) is 3.05. The fourth-order valence-corrected chi connectivity index (χ4v) is 5.45. The van der Waals surface area contributed by atoms with E-state index in [4.69, 9.17) is 4.42 Å². The molecule has 11 heteroatoms. The molecule has 170 valence electrons. The predicted molar refractivity (Wildman–Crippen MR) is 112 cm³/mol. The minimum atomic E-state index is -4.34. The van der Waals surface area contributed by atoms with Gasteiger partial charge in [-0.2, -0.15) is 13.2 Å². The maximum Gasteiger partial charge on any atom is 0.417 e. The molecule has 1 saturated carbocycles. The number of aromatic nitrogens is 5. The van der Waals surface area contributed by atoms with Crippen molar-refractivity contribution in [3.05, 3.63) is 41.7 Å². The van der Waals surface area contributed by atoms with E-state index in [9.17, 15) is 13.2 Å². The lowest BCUT2D eigenvalue weighted by Gasteiger charge is -2.20. The number of pyridine rings is 1. The van der Waals surface area contributed by atoms with Gasteiger partial charge in [-0.1, -0.05) is 11.8 Å². The Morgan fingerprint density at radius 2 is 2.09 bits per heavy atom. The number of aryl methyl sites for hydroxylation is 1. The molecular formula is C21H23F3N6OS. The molecule has 1 saturated heterocycles. The Kier molecular flexibility index (Phi) is 5.28. The summed E-state index contributed by atoms with van der Waals surface area (Å²) in [6, 6.07) is 2.71. The van der Waals surface area contributed by atoms with Crippen molar-refractivity contribution in [2.24, 2.45) is 13.0 Å². The molecule has 0 N–H and O–H groups in total. The minimum absolute atomic E-state index is 0.0648. The van der Waals surface area contributed by atoms with Gasteiger partial charge in [-0.25, -0.2) is 4.98 Å². The molecule has 3 aromatic heterocycles. The second-order valence-corrected chi connectivity index (χ2v) is 9.62. The number of hydrogen-bond acceptors (Lipinski definition) is 7. The van der Waals surface area contributed by atoms with Crippen molar-refractivity contribution in [2.75, 3.05) is 25.4 Å². The van der Waals surface area contributed by atoms with Gasteiger partial charge in [-0.05, 0) is 44.4 Å². The van der Waals surface area contributed by atoms with Crippen LogP contribution in [-0.4, -0.2) is 55.0 Å². The van der Waals surface area contributed by atoms with E-state index in [0.717, 1.165) is 67.0 Å². The van der Waals surface area contributed by atoms with Crippen LogP contribution in [0.3, 0.4) is 0 Å². The molecule has 7 nitrogen and oxygen atoms in total. The lowest BCUT2D eigenvalue weighted by Crippen LogP contribution is -2.28. The molecule has 1 aliphatic carbocycles. The first-order chi connectivity index (χ1) is 15.3. The van der Waals surface area contributed by atoms with E-state index in [1.165, 1.54) is 6.39 Å². The van der Waals surface area contributed by atoms with Crippen molar-refractivity contribution in [1.29, 1.82) is 0 Å². The number of alkyl halides is 3. The van der Waals surface area contributed by atoms with Crippen LogP contribution in [0.2, 0.25) is 0 Å². The molecule has 32 heavy (non-hydrogen) atoms. The molecular weight excluding hydrogens is 441 g/mol. The molecule has 3 aromatic rings. The van der Waals surface area contributed by atoms with Crippen LogP contribution in [0.4, 0.5) is 13.2 Å². The Morgan fingerprint density at radius 3 is 2.78 bits per heavy atom. The predicted octanol–water partition coefficient (Wildman–Crippen LogP) is 3.95. The highest BCUT2D eigenvalue weighted by Crippen LogP contribution is 2.58. The Balaban J connectivity index is 1.12. The molecule has 1 aliphatic heterocycles. The molecule has 0 aromatic carbocycles. The van der Waals surface area contributed by atoms with Crippen LogP contribution >= 0.6 is 11.8 Å². The van der Waals surface area contributed by atoms with E-state index in [-0.39, 0.29) is 5.41 Å². The van der Waals surface area contributed by atoms with Gasteiger partial charge in [0.2, 0.25) is 5.82 Å². The number of likely N-dealkylation sites (tertiary alicyclic amines) is 1. The number of piperidine rings is 1. The number of oxazole rings is 1. The van der Waals surface area contributed by atoms with Gasteiger partial charge in [0.15, 0.2) is 17.3 Å². The first-order valence-corrected chi connectivity index (χ1v) is 11.5. The van der Waals surface area contributed by atoms with Gasteiger partial charge < -0.3 is 13.9 Å². The van der Waals surface area contributed by atoms with E-state index in [1.807, 2.05) is 18.5 Å². The van der Waals surface area contributed by atoms with Crippen molar-refractivity contribution >= 4 is 11.8 Å². The van der Waals surface area contributed by atoms with Gasteiger partial charge >= 0.3 is 6.18 Å². The Bertz CT molecular complexity index is 1110. The van der Waals surface area contributed by atoms with Crippen molar-refractivity contribution < 1.29 is 17.6 Å². The fourth-order valence-electron chi connectivity index (χ4n) is 4.62. The van der Waals surface area contributed by atoms with E-state index in [2.05, 4.69) is 25.1 Å². The van der Waals surface area contributed by atoms with E-state index in [1.54, 1.807) is 17.8 Å². The van der Waals surface area contributed by atoms with Crippen LogP contribution in [0.5, 0.6) is 0 Å². The number of nitrogens with zero attached hydrogens (tertiary/aromatic N) is 6. The number of thioether (sulfide) groups is 1. The second-order valence-electron chi connectivity index (χ2n) is 8.56. The number of hydrogen-bond donors (Lipinski definition) is 0. The standard InChI is InChI=1S/C21H23F3N6OS/c1-13-17(31-12-26-13)18-27-28-19(29(18)2)32-7-3-6-30-10-15-8-20(15,11-30)16-5-4-14(9-25-16)21(22,23)24/h4-5,9,12,15H,3,6-8,10-11H2,1-2H3/t15-,20?/m1/s1. The number of halogens is 3. The quantitative estimate of drug-likeness (QED) is 0.387. The summed E-state index contributed by atoms with van der Waals surface area (Å²) < 4.78 is 45.7. The molecule has 5 rings (SSSR count). The summed E-state index contributed by atoms with van der Waals surface area (Å²) in [5.74, 6) is 2.68. The molecule has 1 unspecified atom stereocenters. The van der Waals surface area contributed by atoms with Gasteiger partial charge in [0.1, 0.15) is 0 Å². The van der Waals surface area contributed by atoms with E-state index in [0.29, 0.717) is 17.5 Å². The zero-order valence-electron chi connectivity index (χ0n) is 17.8. The highest BCUT2D eigenvalue weighted by molar-refractivity contribution is 7.99. The summed E-state index contributed by atoms with van der Waals surface area (Å²) in [4.78, 5) is 10.7. The largest absolute Gasteiger partial charge is 0.440 e. The average molecular weight is 465 g/mol. The third-order valence-electron chi connectivity index (χ3n) is 6.45. The van der Waals surface area contributed by atoms with Crippen molar-refractivity contribution in [1.82, 2.24) is 29.6 Å². The first-order valence-electron chi connectivity index (χ1n) is 10.5. The second kappa shape index (κ2) is 7.87. The topological polar surface area (TPSA) is 72.9 Å². The highest BCUT2D eigenvalue weighted by atomic mass is 32.2. The Morgan fingerprint density at radius 1 is 1.25 bits per heavy atom. The summed E-state index contributed by atoms with van der Waals surface area (Å²) in [7, 11) is 1.91.